The van der Waals surface area contributed by atoms with Gasteiger partial charge in [-0.25, -0.2) is 5.43 Å². The maximum absolute atomic E-state index is 12.6. The number of amides is 1. The SMILES string of the molecule is COc1cc(OC)cc(C(=O)N/N=C/c2c(-c3ccccc3)[nH]c3c(C)cccc23)c1. The van der Waals surface area contributed by atoms with Crippen LogP contribution in [0.5, 0.6) is 11.5 Å². The van der Waals surface area contributed by atoms with Crippen molar-refractivity contribution in [3.63, 3.8) is 0 Å². The highest BCUT2D eigenvalue weighted by Gasteiger charge is 2.13. The molecular weight excluding hydrogens is 390 g/mol. The van der Waals surface area contributed by atoms with E-state index in [0.717, 1.165) is 33.3 Å². The third kappa shape index (κ3) is 4.14. The van der Waals surface area contributed by atoms with E-state index in [4.69, 9.17) is 9.47 Å². The summed E-state index contributed by atoms with van der Waals surface area (Å²) in [5.41, 5.74) is 8.09. The average Bonchev–Trinajstić information content (AvgIpc) is 3.19. The minimum atomic E-state index is -0.356. The van der Waals surface area contributed by atoms with Crippen molar-refractivity contribution in [1.82, 2.24) is 10.4 Å². The van der Waals surface area contributed by atoms with Gasteiger partial charge in [-0.1, -0.05) is 48.5 Å². The third-order valence-corrected chi connectivity index (χ3v) is 5.12. The summed E-state index contributed by atoms with van der Waals surface area (Å²) >= 11 is 0. The number of fused-ring (bicyclic) bond motifs is 1. The van der Waals surface area contributed by atoms with Gasteiger partial charge < -0.3 is 14.5 Å². The molecule has 0 saturated carbocycles. The van der Waals surface area contributed by atoms with E-state index in [1.54, 1.807) is 38.6 Å². The summed E-state index contributed by atoms with van der Waals surface area (Å²) in [6, 6.07) is 21.1. The van der Waals surface area contributed by atoms with Gasteiger partial charge in [0.25, 0.3) is 5.91 Å². The second-order valence-corrected chi connectivity index (χ2v) is 7.08. The van der Waals surface area contributed by atoms with Crippen LogP contribution < -0.4 is 14.9 Å². The molecule has 0 atom stereocenters. The molecule has 0 unspecified atom stereocenters. The average molecular weight is 413 g/mol. The van der Waals surface area contributed by atoms with Gasteiger partial charge in [0.1, 0.15) is 11.5 Å². The number of ether oxygens (including phenoxy) is 2. The van der Waals surface area contributed by atoms with Gasteiger partial charge >= 0.3 is 0 Å². The van der Waals surface area contributed by atoms with Crippen molar-refractivity contribution in [3.8, 4) is 22.8 Å². The van der Waals surface area contributed by atoms with Crippen molar-refractivity contribution in [2.75, 3.05) is 14.2 Å². The lowest BCUT2D eigenvalue weighted by Gasteiger charge is -2.07. The van der Waals surface area contributed by atoms with E-state index in [1.807, 2.05) is 42.5 Å². The van der Waals surface area contributed by atoms with Crippen LogP contribution in [-0.2, 0) is 0 Å². The number of nitrogens with zero attached hydrogens (tertiary/aromatic N) is 1. The first kappa shape index (κ1) is 20.2. The zero-order valence-corrected chi connectivity index (χ0v) is 17.6. The van der Waals surface area contributed by atoms with Crippen molar-refractivity contribution in [1.29, 1.82) is 0 Å². The number of hydrazone groups is 1. The Labute approximate surface area is 180 Å². The first-order valence-electron chi connectivity index (χ1n) is 9.84. The van der Waals surface area contributed by atoms with Crippen LogP contribution >= 0.6 is 0 Å². The molecule has 0 spiro atoms. The fourth-order valence-electron chi connectivity index (χ4n) is 3.51. The predicted molar refractivity (Wildman–Crippen MR) is 123 cm³/mol. The fraction of sp³-hybridized carbons (Fsp3) is 0.120. The second kappa shape index (κ2) is 8.75. The molecule has 4 aromatic rings. The Morgan fingerprint density at radius 1 is 0.968 bits per heavy atom. The zero-order chi connectivity index (χ0) is 21.8. The van der Waals surface area contributed by atoms with Crippen LogP contribution in [0.25, 0.3) is 22.2 Å². The lowest BCUT2D eigenvalue weighted by molar-refractivity contribution is 0.0954. The number of carbonyl (C=O) groups excluding carboxylic acids is 1. The van der Waals surface area contributed by atoms with E-state index in [0.29, 0.717) is 17.1 Å². The van der Waals surface area contributed by atoms with Crippen LogP contribution in [0.15, 0.2) is 71.8 Å². The normalized spacial score (nSPS) is 11.1. The predicted octanol–water partition coefficient (Wildman–Crippen LogP) is 4.92. The van der Waals surface area contributed by atoms with Gasteiger partial charge in [-0.3, -0.25) is 4.79 Å². The number of benzene rings is 3. The maximum Gasteiger partial charge on any atom is 0.271 e. The number of hydrogen-bond acceptors (Lipinski definition) is 4. The summed E-state index contributed by atoms with van der Waals surface area (Å²) in [7, 11) is 3.08. The number of H-pyrrole nitrogens is 1. The lowest BCUT2D eigenvalue weighted by Crippen LogP contribution is -2.17. The summed E-state index contributed by atoms with van der Waals surface area (Å²) in [6.07, 6.45) is 1.68. The maximum atomic E-state index is 12.6. The van der Waals surface area contributed by atoms with Crippen LogP contribution in [0.4, 0.5) is 0 Å². The van der Waals surface area contributed by atoms with Crippen LogP contribution in [0.2, 0.25) is 0 Å². The van der Waals surface area contributed by atoms with Crippen LogP contribution in [-0.4, -0.2) is 31.3 Å². The number of nitrogens with one attached hydrogen (secondary N) is 2. The summed E-state index contributed by atoms with van der Waals surface area (Å²) < 4.78 is 10.5. The van der Waals surface area contributed by atoms with E-state index < -0.39 is 0 Å². The van der Waals surface area contributed by atoms with Crippen molar-refractivity contribution >= 4 is 23.0 Å². The smallest absolute Gasteiger partial charge is 0.271 e. The molecule has 31 heavy (non-hydrogen) atoms. The standard InChI is InChI=1S/C25H23N3O3/c1-16-8-7-11-21-22(24(27-23(16)21)17-9-5-4-6-10-17)15-26-28-25(29)18-12-19(30-2)14-20(13-18)31-3/h4-15,27H,1-3H3,(H,28,29)/b26-15+. The van der Waals surface area contributed by atoms with Gasteiger partial charge in [-0.2, -0.15) is 5.10 Å². The molecule has 1 amide bonds. The first-order valence-corrected chi connectivity index (χ1v) is 9.84. The topological polar surface area (TPSA) is 75.7 Å². The molecular formula is C25H23N3O3. The number of aromatic nitrogens is 1. The molecule has 0 aliphatic rings. The minimum Gasteiger partial charge on any atom is -0.497 e. The summed E-state index contributed by atoms with van der Waals surface area (Å²) in [4.78, 5) is 16.1. The molecule has 3 aromatic carbocycles. The van der Waals surface area contributed by atoms with E-state index >= 15 is 0 Å². The number of carbonyl (C=O) groups is 1. The molecule has 1 aromatic heterocycles. The molecule has 156 valence electrons. The van der Waals surface area contributed by atoms with E-state index in [1.165, 1.54) is 0 Å². The molecule has 0 fully saturated rings. The highest BCUT2D eigenvalue weighted by Crippen LogP contribution is 2.30. The Kier molecular flexibility index (Phi) is 5.71. The molecule has 4 rings (SSSR count). The summed E-state index contributed by atoms with van der Waals surface area (Å²) in [5.74, 6) is 0.713. The van der Waals surface area contributed by atoms with Crippen molar-refractivity contribution in [3.05, 3.63) is 83.4 Å². The number of para-hydroxylation sites is 1. The van der Waals surface area contributed by atoms with Gasteiger partial charge in [0.2, 0.25) is 0 Å². The first-order chi connectivity index (χ1) is 15.1. The molecule has 0 saturated heterocycles. The highest BCUT2D eigenvalue weighted by atomic mass is 16.5. The van der Waals surface area contributed by atoms with Crippen LogP contribution in [0, 0.1) is 6.92 Å². The van der Waals surface area contributed by atoms with Crippen LogP contribution in [0.1, 0.15) is 21.5 Å². The Hall–Kier alpha value is -4.06. The molecule has 0 aliphatic heterocycles. The molecule has 6 nitrogen and oxygen atoms in total. The summed E-state index contributed by atoms with van der Waals surface area (Å²) in [6.45, 7) is 2.06. The largest absolute Gasteiger partial charge is 0.497 e. The number of rotatable bonds is 6. The Balaban J connectivity index is 1.67. The second-order valence-electron chi connectivity index (χ2n) is 7.08. The Morgan fingerprint density at radius 2 is 1.68 bits per heavy atom. The molecule has 6 heteroatoms. The quantitative estimate of drug-likeness (QED) is 0.348. The molecule has 1 heterocycles. The van der Waals surface area contributed by atoms with Gasteiger partial charge in [0, 0.05) is 28.1 Å². The van der Waals surface area contributed by atoms with Gasteiger partial charge in [0.05, 0.1) is 26.1 Å². The van der Waals surface area contributed by atoms with Gasteiger partial charge in [-0.15, -0.1) is 0 Å². The number of aromatic amines is 1. The Bertz CT molecular complexity index is 1240. The zero-order valence-electron chi connectivity index (χ0n) is 17.6. The number of hydrogen-bond donors (Lipinski definition) is 2. The molecule has 2 N–H and O–H groups in total. The molecule has 0 bridgehead atoms. The van der Waals surface area contributed by atoms with Gasteiger partial charge in [-0.05, 0) is 30.2 Å². The fourth-order valence-corrected chi connectivity index (χ4v) is 3.51. The number of methoxy groups -OCH3 is 2. The van der Waals surface area contributed by atoms with E-state index in [-0.39, 0.29) is 5.91 Å². The summed E-state index contributed by atoms with van der Waals surface area (Å²) in [5, 5.41) is 5.28. The lowest BCUT2D eigenvalue weighted by atomic mass is 10.1. The molecule has 0 aliphatic carbocycles. The van der Waals surface area contributed by atoms with Crippen molar-refractivity contribution in [2.24, 2.45) is 5.10 Å². The van der Waals surface area contributed by atoms with Crippen molar-refractivity contribution < 1.29 is 14.3 Å². The monoisotopic (exact) mass is 413 g/mol. The van der Waals surface area contributed by atoms with Crippen molar-refractivity contribution in [2.45, 2.75) is 6.92 Å². The Morgan fingerprint density at radius 3 is 2.35 bits per heavy atom. The molecule has 0 radical (unpaired) electrons. The number of aryl methyl sites for hydroxylation is 1. The van der Waals surface area contributed by atoms with E-state index in [2.05, 4.69) is 28.5 Å². The highest BCUT2D eigenvalue weighted by molar-refractivity contribution is 6.07. The third-order valence-electron chi connectivity index (χ3n) is 5.12. The minimum absolute atomic E-state index is 0.356. The van der Waals surface area contributed by atoms with E-state index in [9.17, 15) is 4.79 Å². The van der Waals surface area contributed by atoms with Crippen LogP contribution in [0.3, 0.4) is 0 Å². The van der Waals surface area contributed by atoms with Gasteiger partial charge in [0.15, 0.2) is 0 Å².